The van der Waals surface area contributed by atoms with E-state index in [0.717, 1.165) is 0 Å². The Balaban J connectivity index is 2.10. The summed E-state index contributed by atoms with van der Waals surface area (Å²) in [5, 5.41) is 9.46. The molecule has 0 aromatic carbocycles. The molecule has 0 radical (unpaired) electrons. The second kappa shape index (κ2) is 8.87. The molecule has 0 saturated carbocycles. The molecule has 3 amide bonds. The number of likely N-dealkylation sites (tertiary alicyclic amines) is 1. The Hall–Kier alpha value is -2.19. The van der Waals surface area contributed by atoms with E-state index in [4.69, 9.17) is 4.74 Å². The third-order valence-electron chi connectivity index (χ3n) is 7.50. The number of carbonyl (C=O) groups is 3. The van der Waals surface area contributed by atoms with Crippen LogP contribution in [0.5, 0.6) is 0 Å². The van der Waals surface area contributed by atoms with Gasteiger partial charge in [-0.3, -0.25) is 14.4 Å². The van der Waals surface area contributed by atoms with Gasteiger partial charge in [0.1, 0.15) is 11.6 Å². The van der Waals surface area contributed by atoms with Gasteiger partial charge in [-0.15, -0.1) is 13.2 Å². The number of nitrogens with zero attached hydrogens (tertiary/aromatic N) is 3. The van der Waals surface area contributed by atoms with Crippen LogP contribution in [-0.4, -0.2) is 93.6 Å². The van der Waals surface area contributed by atoms with E-state index >= 15 is 0 Å². The topological polar surface area (TPSA) is 90.4 Å². The Kier molecular flexibility index (Phi) is 6.84. The lowest BCUT2D eigenvalue weighted by Crippen LogP contribution is -2.60. The van der Waals surface area contributed by atoms with Gasteiger partial charge < -0.3 is 24.5 Å². The van der Waals surface area contributed by atoms with Gasteiger partial charge in [-0.2, -0.15) is 0 Å². The summed E-state index contributed by atoms with van der Waals surface area (Å²) in [6, 6.07) is -0.843. The molecular weight excluding hydrogens is 422 g/mol. The minimum absolute atomic E-state index is 0.0962. The number of rotatable bonds is 9. The van der Waals surface area contributed by atoms with Gasteiger partial charge in [0.05, 0.1) is 17.4 Å². The lowest BCUT2D eigenvalue weighted by Gasteiger charge is -2.42. The molecule has 2 bridgehead atoms. The van der Waals surface area contributed by atoms with E-state index in [2.05, 4.69) is 13.2 Å². The monoisotopic (exact) mass is 461 g/mol. The number of likely N-dealkylation sites (N-methyl/N-ethyl adjacent to an activating group) is 1. The molecule has 8 nitrogen and oxygen atoms in total. The fourth-order valence-corrected chi connectivity index (χ4v) is 6.05. The number of aliphatic hydroxyl groups excluding tert-OH is 1. The molecule has 184 valence electrons. The second-order valence-corrected chi connectivity index (χ2v) is 10.8. The zero-order chi connectivity index (χ0) is 24.8. The van der Waals surface area contributed by atoms with E-state index in [9.17, 15) is 19.5 Å². The average Bonchev–Trinajstić information content (AvgIpc) is 3.29. The van der Waals surface area contributed by atoms with E-state index in [0.29, 0.717) is 32.4 Å². The highest BCUT2D eigenvalue weighted by atomic mass is 16.5. The van der Waals surface area contributed by atoms with Crippen LogP contribution in [0.4, 0.5) is 0 Å². The van der Waals surface area contributed by atoms with Gasteiger partial charge in [-0.05, 0) is 47.0 Å². The molecule has 3 aliphatic heterocycles. The number of hydrogen-bond acceptors (Lipinski definition) is 5. The predicted octanol–water partition coefficient (Wildman–Crippen LogP) is 1.59. The van der Waals surface area contributed by atoms with Crippen LogP contribution in [0.2, 0.25) is 0 Å². The van der Waals surface area contributed by atoms with Gasteiger partial charge in [0.15, 0.2) is 0 Å². The van der Waals surface area contributed by atoms with E-state index in [-0.39, 0.29) is 30.9 Å². The van der Waals surface area contributed by atoms with Crippen molar-refractivity contribution >= 4 is 17.7 Å². The van der Waals surface area contributed by atoms with Crippen LogP contribution >= 0.6 is 0 Å². The van der Waals surface area contributed by atoms with E-state index in [1.54, 1.807) is 33.9 Å². The van der Waals surface area contributed by atoms with Crippen LogP contribution in [0.1, 0.15) is 47.0 Å². The molecule has 3 rings (SSSR count). The molecule has 0 aromatic rings. The van der Waals surface area contributed by atoms with Crippen LogP contribution in [0.25, 0.3) is 0 Å². The summed E-state index contributed by atoms with van der Waals surface area (Å²) in [7, 11) is 1.70. The highest BCUT2D eigenvalue weighted by Crippen LogP contribution is 2.63. The maximum absolute atomic E-state index is 14.1. The van der Waals surface area contributed by atoms with Gasteiger partial charge >= 0.3 is 0 Å². The van der Waals surface area contributed by atoms with Gasteiger partial charge in [-0.25, -0.2) is 0 Å². The second-order valence-electron chi connectivity index (χ2n) is 10.8. The van der Waals surface area contributed by atoms with Crippen molar-refractivity contribution in [3.63, 3.8) is 0 Å². The Morgan fingerprint density at radius 1 is 1.21 bits per heavy atom. The Morgan fingerprint density at radius 3 is 2.39 bits per heavy atom. The Labute approximate surface area is 197 Å². The highest BCUT2D eigenvalue weighted by molar-refractivity contribution is 5.99. The summed E-state index contributed by atoms with van der Waals surface area (Å²) in [5.74, 6) is -1.99. The number of hydrogen-bond donors (Lipinski definition) is 1. The van der Waals surface area contributed by atoms with Crippen molar-refractivity contribution in [2.75, 3.05) is 33.3 Å². The molecule has 5 atom stereocenters. The predicted molar refractivity (Wildman–Crippen MR) is 125 cm³/mol. The normalized spacial score (nSPS) is 32.6. The maximum atomic E-state index is 14.1. The van der Waals surface area contributed by atoms with Crippen molar-refractivity contribution in [1.29, 1.82) is 0 Å². The lowest BCUT2D eigenvalue weighted by molar-refractivity contribution is -0.155. The third kappa shape index (κ3) is 3.91. The fraction of sp³-hybridized carbons (Fsp3) is 0.720. The maximum Gasteiger partial charge on any atom is 0.249 e. The average molecular weight is 462 g/mol. The summed E-state index contributed by atoms with van der Waals surface area (Å²) in [6.45, 7) is 16.1. The van der Waals surface area contributed by atoms with E-state index < -0.39 is 34.6 Å². The van der Waals surface area contributed by atoms with Gasteiger partial charge in [0.25, 0.3) is 0 Å². The standard InChI is InChI=1S/C25H39N3O5/c1-8-13-26(7)20(30)17-18-21(31)27(15-10-16-29)19(25(18)12-11-24(17,6)33-25)22(32)28(14-9-2)23(3,4)5/h8-9,17-19,29H,1-2,10-16H2,3-7H3/t17-,18-,19?,24+,25?/m0/s1. The highest BCUT2D eigenvalue weighted by Gasteiger charge is 2.78. The Morgan fingerprint density at radius 2 is 1.85 bits per heavy atom. The smallest absolute Gasteiger partial charge is 0.249 e. The molecule has 1 spiro atoms. The molecule has 33 heavy (non-hydrogen) atoms. The number of aliphatic hydroxyl groups is 1. The van der Waals surface area contributed by atoms with Crippen LogP contribution in [0.3, 0.4) is 0 Å². The van der Waals surface area contributed by atoms with Crippen molar-refractivity contribution in [1.82, 2.24) is 14.7 Å². The lowest BCUT2D eigenvalue weighted by atomic mass is 9.66. The molecule has 1 N–H and O–H groups in total. The first-order chi connectivity index (χ1) is 15.4. The van der Waals surface area contributed by atoms with Gasteiger partial charge in [0.2, 0.25) is 17.7 Å². The van der Waals surface area contributed by atoms with Crippen LogP contribution in [-0.2, 0) is 19.1 Å². The minimum atomic E-state index is -1.06. The first-order valence-electron chi connectivity index (χ1n) is 11.8. The SMILES string of the molecule is C=CCN(C)C(=O)[C@@H]1[C@H]2C(=O)N(CCCO)C(C(=O)N(CC=C)C(C)(C)C)C23CC[C@@]1(C)O3. The summed E-state index contributed by atoms with van der Waals surface area (Å²) < 4.78 is 6.62. The van der Waals surface area contributed by atoms with Crippen LogP contribution < -0.4 is 0 Å². The quantitative estimate of drug-likeness (QED) is 0.527. The molecule has 3 aliphatic rings. The molecular formula is C25H39N3O5. The number of fused-ring (bicyclic) bond motifs is 1. The van der Waals surface area contributed by atoms with E-state index in [1.807, 2.05) is 27.7 Å². The Bertz CT molecular complexity index is 836. The first kappa shape index (κ1) is 25.4. The van der Waals surface area contributed by atoms with Crippen molar-refractivity contribution in [3.8, 4) is 0 Å². The molecule has 0 aromatic heterocycles. The van der Waals surface area contributed by atoms with Crippen molar-refractivity contribution in [2.45, 2.75) is 69.7 Å². The van der Waals surface area contributed by atoms with Gasteiger partial charge in [0, 0.05) is 38.8 Å². The number of amides is 3. The summed E-state index contributed by atoms with van der Waals surface area (Å²) in [5.41, 5.74) is -2.36. The first-order valence-corrected chi connectivity index (χ1v) is 11.8. The number of carbonyl (C=O) groups excluding carboxylic acids is 3. The third-order valence-corrected chi connectivity index (χ3v) is 7.50. The van der Waals surface area contributed by atoms with Crippen molar-refractivity contribution < 1.29 is 24.2 Å². The molecule has 2 unspecified atom stereocenters. The largest absolute Gasteiger partial charge is 0.396 e. The molecule has 3 fully saturated rings. The van der Waals surface area contributed by atoms with Crippen molar-refractivity contribution in [2.24, 2.45) is 11.8 Å². The zero-order valence-corrected chi connectivity index (χ0v) is 20.7. The minimum Gasteiger partial charge on any atom is -0.396 e. The van der Waals surface area contributed by atoms with Crippen LogP contribution in [0, 0.1) is 11.8 Å². The van der Waals surface area contributed by atoms with E-state index in [1.165, 1.54) is 0 Å². The molecule has 3 heterocycles. The fourth-order valence-electron chi connectivity index (χ4n) is 6.05. The zero-order valence-electron chi connectivity index (χ0n) is 20.7. The van der Waals surface area contributed by atoms with Crippen LogP contribution in [0.15, 0.2) is 25.3 Å². The summed E-state index contributed by atoms with van der Waals surface area (Å²) in [4.78, 5) is 46.3. The molecule has 0 aliphatic carbocycles. The number of ether oxygens (including phenoxy) is 1. The van der Waals surface area contributed by atoms with Gasteiger partial charge in [-0.1, -0.05) is 12.2 Å². The molecule has 3 saturated heterocycles. The van der Waals surface area contributed by atoms with Crippen molar-refractivity contribution in [3.05, 3.63) is 25.3 Å². The summed E-state index contributed by atoms with van der Waals surface area (Å²) >= 11 is 0. The molecule has 8 heteroatoms. The summed E-state index contributed by atoms with van der Waals surface area (Å²) in [6.07, 6.45) is 4.81.